The Bertz CT molecular complexity index is 819. The number of ketones is 1. The zero-order valence-electron chi connectivity index (χ0n) is 13.7. The van der Waals surface area contributed by atoms with Gasteiger partial charge in [-0.15, -0.1) is 0 Å². The van der Waals surface area contributed by atoms with Gasteiger partial charge in [0.05, 0.1) is 18.2 Å². The van der Waals surface area contributed by atoms with Crippen molar-refractivity contribution < 1.29 is 28.2 Å². The molecule has 0 radical (unpaired) electrons. The van der Waals surface area contributed by atoms with E-state index in [-0.39, 0.29) is 22.8 Å². The number of methoxy groups -OCH3 is 1. The number of carbonyl (C=O) groups is 3. The molecule has 2 aromatic rings. The maximum absolute atomic E-state index is 13.3. The van der Waals surface area contributed by atoms with Gasteiger partial charge in [-0.25, -0.2) is 9.18 Å². The second kappa shape index (κ2) is 8.05. The van der Waals surface area contributed by atoms with Crippen LogP contribution in [0.25, 0.3) is 0 Å². The average Bonchev–Trinajstić information content (AvgIpc) is 2.59. The number of Topliss-reactive ketones (excluding diaryl/α,β-unsaturated/α-hetero) is 1. The van der Waals surface area contributed by atoms with Crippen molar-refractivity contribution in [2.24, 2.45) is 0 Å². The Labute approximate surface area is 143 Å². The van der Waals surface area contributed by atoms with Gasteiger partial charge in [0.25, 0.3) is 0 Å². The van der Waals surface area contributed by atoms with Gasteiger partial charge in [0.15, 0.2) is 6.61 Å². The number of carbonyl (C=O) groups excluding carboxylic acids is 3. The van der Waals surface area contributed by atoms with E-state index in [0.29, 0.717) is 5.69 Å². The van der Waals surface area contributed by atoms with Crippen LogP contribution >= 0.6 is 0 Å². The molecule has 0 fully saturated rings. The van der Waals surface area contributed by atoms with E-state index >= 15 is 0 Å². The van der Waals surface area contributed by atoms with Crippen LogP contribution in [0.1, 0.15) is 27.6 Å². The summed E-state index contributed by atoms with van der Waals surface area (Å²) in [6.07, 6.45) is 0. The third-order valence-electron chi connectivity index (χ3n) is 3.21. The minimum atomic E-state index is -0.740. The molecule has 7 heteroatoms. The largest absolute Gasteiger partial charge is 0.496 e. The number of amides is 1. The fraction of sp³-hybridized carbons (Fsp3) is 0.167. The van der Waals surface area contributed by atoms with E-state index in [1.807, 2.05) is 0 Å². The molecule has 0 spiro atoms. The van der Waals surface area contributed by atoms with Gasteiger partial charge >= 0.3 is 5.97 Å². The van der Waals surface area contributed by atoms with Crippen LogP contribution in [-0.4, -0.2) is 31.4 Å². The van der Waals surface area contributed by atoms with Crippen molar-refractivity contribution in [3.05, 3.63) is 59.4 Å². The number of nitrogens with one attached hydrogen (secondary N) is 1. The fourth-order valence-corrected chi connectivity index (χ4v) is 2.12. The first-order valence-corrected chi connectivity index (χ1v) is 7.32. The normalized spacial score (nSPS) is 10.0. The maximum Gasteiger partial charge on any atom is 0.338 e. The van der Waals surface area contributed by atoms with E-state index in [1.54, 1.807) is 12.1 Å². The number of anilines is 1. The summed E-state index contributed by atoms with van der Waals surface area (Å²) < 4.78 is 23.3. The van der Waals surface area contributed by atoms with Crippen LogP contribution in [0.3, 0.4) is 0 Å². The number of rotatable bonds is 6. The summed E-state index contributed by atoms with van der Waals surface area (Å²) in [5.41, 5.74) is 0.590. The molecular formula is C18H16FNO5. The minimum Gasteiger partial charge on any atom is -0.496 e. The van der Waals surface area contributed by atoms with E-state index in [0.717, 1.165) is 12.1 Å². The lowest BCUT2D eigenvalue weighted by atomic mass is 10.1. The number of halogens is 1. The molecule has 6 nitrogen and oxygen atoms in total. The molecule has 0 atom stereocenters. The zero-order valence-corrected chi connectivity index (χ0v) is 13.7. The molecular weight excluding hydrogens is 329 g/mol. The Morgan fingerprint density at radius 3 is 2.56 bits per heavy atom. The highest BCUT2D eigenvalue weighted by atomic mass is 19.1. The number of hydrogen-bond acceptors (Lipinski definition) is 5. The molecule has 2 rings (SSSR count). The smallest absolute Gasteiger partial charge is 0.338 e. The Kier molecular flexibility index (Phi) is 5.84. The van der Waals surface area contributed by atoms with Gasteiger partial charge in [0, 0.05) is 12.6 Å². The van der Waals surface area contributed by atoms with Crippen LogP contribution in [0.2, 0.25) is 0 Å². The molecule has 1 N–H and O–H groups in total. The van der Waals surface area contributed by atoms with Crippen LogP contribution in [0.15, 0.2) is 42.5 Å². The van der Waals surface area contributed by atoms with Crippen LogP contribution in [-0.2, 0) is 9.53 Å². The van der Waals surface area contributed by atoms with Crippen molar-refractivity contribution in [3.8, 4) is 5.75 Å². The highest BCUT2D eigenvalue weighted by Gasteiger charge is 2.16. The van der Waals surface area contributed by atoms with Crippen molar-refractivity contribution >= 4 is 23.3 Å². The van der Waals surface area contributed by atoms with Gasteiger partial charge in [-0.2, -0.15) is 0 Å². The summed E-state index contributed by atoms with van der Waals surface area (Å²) in [4.78, 5) is 35.2. The number of benzene rings is 2. The molecule has 0 saturated carbocycles. The Morgan fingerprint density at radius 2 is 1.88 bits per heavy atom. The number of hydrogen-bond donors (Lipinski definition) is 1. The lowest BCUT2D eigenvalue weighted by molar-refractivity contribution is -0.114. The SMILES string of the molecule is COc1ccc(F)cc1C(=O)COC(=O)c1cccc(NC(C)=O)c1. The summed E-state index contributed by atoms with van der Waals surface area (Å²) in [7, 11) is 1.35. The molecule has 1 amide bonds. The number of ether oxygens (including phenoxy) is 2. The van der Waals surface area contributed by atoms with Gasteiger partial charge in [0.2, 0.25) is 11.7 Å². The molecule has 0 unspecified atom stereocenters. The molecule has 0 aliphatic heterocycles. The van der Waals surface area contributed by atoms with Gasteiger partial charge in [-0.1, -0.05) is 6.07 Å². The molecule has 0 aliphatic carbocycles. The highest BCUT2D eigenvalue weighted by Crippen LogP contribution is 2.20. The lowest BCUT2D eigenvalue weighted by Gasteiger charge is -2.09. The summed E-state index contributed by atoms with van der Waals surface area (Å²) >= 11 is 0. The zero-order chi connectivity index (χ0) is 18.4. The van der Waals surface area contributed by atoms with E-state index in [4.69, 9.17) is 9.47 Å². The summed E-state index contributed by atoms with van der Waals surface area (Å²) in [6.45, 7) is 0.777. The molecule has 0 bridgehead atoms. The third kappa shape index (κ3) is 4.87. The highest BCUT2D eigenvalue weighted by molar-refractivity contribution is 6.01. The van der Waals surface area contributed by atoms with Gasteiger partial charge in [0.1, 0.15) is 11.6 Å². The first-order chi connectivity index (χ1) is 11.9. The quantitative estimate of drug-likeness (QED) is 0.643. The summed E-state index contributed by atoms with van der Waals surface area (Å²) in [6, 6.07) is 9.60. The number of esters is 1. The molecule has 0 aliphatic rings. The predicted octanol–water partition coefficient (Wildman–Crippen LogP) is 2.83. The minimum absolute atomic E-state index is 0.0118. The summed E-state index contributed by atoms with van der Waals surface area (Å²) in [5.74, 6) is -2.02. The first kappa shape index (κ1) is 18.1. The average molecular weight is 345 g/mol. The second-order valence-corrected chi connectivity index (χ2v) is 5.11. The predicted molar refractivity (Wildman–Crippen MR) is 88.3 cm³/mol. The second-order valence-electron chi connectivity index (χ2n) is 5.11. The maximum atomic E-state index is 13.3. The Morgan fingerprint density at radius 1 is 1.12 bits per heavy atom. The van der Waals surface area contributed by atoms with Crippen LogP contribution in [0.4, 0.5) is 10.1 Å². The van der Waals surface area contributed by atoms with Crippen LogP contribution < -0.4 is 10.1 Å². The van der Waals surface area contributed by atoms with Gasteiger partial charge < -0.3 is 14.8 Å². The van der Waals surface area contributed by atoms with Crippen molar-refractivity contribution in [2.45, 2.75) is 6.92 Å². The first-order valence-electron chi connectivity index (χ1n) is 7.32. The van der Waals surface area contributed by atoms with Gasteiger partial charge in [-0.3, -0.25) is 9.59 Å². The molecule has 130 valence electrons. The fourth-order valence-electron chi connectivity index (χ4n) is 2.12. The third-order valence-corrected chi connectivity index (χ3v) is 3.21. The lowest BCUT2D eigenvalue weighted by Crippen LogP contribution is -2.15. The molecule has 25 heavy (non-hydrogen) atoms. The topological polar surface area (TPSA) is 81.7 Å². The molecule has 0 saturated heterocycles. The summed E-state index contributed by atoms with van der Waals surface area (Å²) in [5, 5.41) is 2.54. The Balaban J connectivity index is 2.06. The molecule has 2 aromatic carbocycles. The van der Waals surface area contributed by atoms with Crippen molar-refractivity contribution in [1.29, 1.82) is 0 Å². The van der Waals surface area contributed by atoms with Crippen LogP contribution in [0.5, 0.6) is 5.75 Å². The van der Waals surface area contributed by atoms with E-state index in [2.05, 4.69) is 5.32 Å². The van der Waals surface area contributed by atoms with Gasteiger partial charge in [-0.05, 0) is 36.4 Å². The molecule has 0 heterocycles. The molecule has 0 aromatic heterocycles. The van der Waals surface area contributed by atoms with E-state index in [1.165, 1.54) is 32.2 Å². The van der Waals surface area contributed by atoms with Crippen molar-refractivity contribution in [2.75, 3.05) is 19.0 Å². The standard InChI is InChI=1S/C18H16FNO5/c1-11(21)20-14-5-3-4-12(8-14)18(23)25-10-16(22)15-9-13(19)6-7-17(15)24-2/h3-9H,10H2,1-2H3,(H,20,21). The monoisotopic (exact) mass is 345 g/mol. The van der Waals surface area contributed by atoms with E-state index in [9.17, 15) is 18.8 Å². The van der Waals surface area contributed by atoms with Crippen LogP contribution in [0, 0.1) is 5.82 Å². The van der Waals surface area contributed by atoms with Crippen molar-refractivity contribution in [1.82, 2.24) is 0 Å². The Hall–Kier alpha value is -3.22. The van der Waals surface area contributed by atoms with E-state index < -0.39 is 24.2 Å². The van der Waals surface area contributed by atoms with Crippen molar-refractivity contribution in [3.63, 3.8) is 0 Å².